The van der Waals surface area contributed by atoms with Crippen LogP contribution in [0.5, 0.6) is 5.75 Å². The van der Waals surface area contributed by atoms with Crippen LogP contribution in [0.4, 0.5) is 0 Å². The van der Waals surface area contributed by atoms with Crippen LogP contribution in [0.1, 0.15) is 63.4 Å². The van der Waals surface area contributed by atoms with E-state index in [1.54, 1.807) is 0 Å². The molecule has 1 amide bonds. The van der Waals surface area contributed by atoms with Crippen molar-refractivity contribution >= 4 is 29.1 Å². The van der Waals surface area contributed by atoms with Crippen LogP contribution in [-0.2, 0) is 11.2 Å². The molecule has 4 nitrogen and oxygen atoms in total. The summed E-state index contributed by atoms with van der Waals surface area (Å²) >= 11 is 0. The summed E-state index contributed by atoms with van der Waals surface area (Å²) in [6.07, 6.45) is 12.2. The molecule has 180 valence electrons. The Hall–Kier alpha value is -1.78. The van der Waals surface area contributed by atoms with Gasteiger partial charge in [-0.2, -0.15) is 0 Å². The van der Waals surface area contributed by atoms with Gasteiger partial charge in [0, 0.05) is 25.0 Å². The van der Waals surface area contributed by atoms with Crippen molar-refractivity contribution in [3.05, 3.63) is 42.0 Å². The summed E-state index contributed by atoms with van der Waals surface area (Å²) < 4.78 is 6.05. The molecule has 1 atom stereocenters. The largest absolute Gasteiger partial charge is 0.492 e. The van der Waals surface area contributed by atoms with Crippen molar-refractivity contribution in [2.45, 2.75) is 70.3 Å². The highest BCUT2D eigenvalue weighted by molar-refractivity contribution is 5.86. The van der Waals surface area contributed by atoms with Gasteiger partial charge in [-0.25, -0.2) is 0 Å². The second-order valence-electron chi connectivity index (χ2n) is 10.1. The van der Waals surface area contributed by atoms with Crippen molar-refractivity contribution in [3.63, 3.8) is 0 Å². The van der Waals surface area contributed by atoms with Crippen molar-refractivity contribution in [2.75, 3.05) is 32.8 Å². The molecule has 2 aliphatic heterocycles. The fraction of sp³-hybridized carbons (Fsp3) is 0.607. The highest BCUT2D eigenvalue weighted by Crippen LogP contribution is 2.31. The van der Waals surface area contributed by atoms with E-state index in [0.717, 1.165) is 38.3 Å². The third-order valence-electron chi connectivity index (χ3n) is 7.85. The summed E-state index contributed by atoms with van der Waals surface area (Å²) in [5, 5.41) is 2.45. The molecule has 1 unspecified atom stereocenters. The number of carbonyl (C=O) groups is 1. The van der Waals surface area contributed by atoms with E-state index < -0.39 is 0 Å². The Bertz CT molecular complexity index is 921. The minimum Gasteiger partial charge on any atom is -0.492 e. The lowest BCUT2D eigenvalue weighted by atomic mass is 9.93. The zero-order valence-electron chi connectivity index (χ0n) is 19.8. The number of nitrogens with zero attached hydrogens (tertiary/aromatic N) is 2. The number of benzene rings is 2. The first-order chi connectivity index (χ1) is 15.8. The number of hydrogen-bond acceptors (Lipinski definition) is 3. The third kappa shape index (κ3) is 6.02. The normalized spacial score (nSPS) is 22.5. The SMILES string of the molecule is Cl.O=C1C(Cc2ccc3cc(OCCN4CCCCC4)ccc3c2)CCN1C1CCCCC1. The van der Waals surface area contributed by atoms with Gasteiger partial charge in [0.25, 0.3) is 0 Å². The van der Waals surface area contributed by atoms with E-state index in [-0.39, 0.29) is 18.3 Å². The topological polar surface area (TPSA) is 32.8 Å². The van der Waals surface area contributed by atoms with Gasteiger partial charge in [-0.1, -0.05) is 49.9 Å². The average Bonchev–Trinajstić information content (AvgIpc) is 3.20. The summed E-state index contributed by atoms with van der Waals surface area (Å²) in [6, 6.07) is 13.6. The molecular weight excluding hydrogens is 432 g/mol. The maximum Gasteiger partial charge on any atom is 0.226 e. The highest BCUT2D eigenvalue weighted by Gasteiger charge is 2.36. The molecule has 1 aliphatic carbocycles. The molecule has 0 spiro atoms. The minimum absolute atomic E-state index is 0. The van der Waals surface area contributed by atoms with E-state index in [1.807, 2.05) is 0 Å². The lowest BCUT2D eigenvalue weighted by molar-refractivity contribution is -0.133. The quantitative estimate of drug-likeness (QED) is 0.508. The molecule has 2 aromatic rings. The number of carbonyl (C=O) groups excluding carboxylic acids is 1. The molecule has 2 saturated heterocycles. The van der Waals surface area contributed by atoms with Gasteiger partial charge in [-0.05, 0) is 80.1 Å². The Morgan fingerprint density at radius 2 is 1.55 bits per heavy atom. The molecule has 3 aliphatic rings. The van der Waals surface area contributed by atoms with Crippen LogP contribution in [0.15, 0.2) is 36.4 Å². The molecule has 0 bridgehead atoms. The smallest absolute Gasteiger partial charge is 0.226 e. The van der Waals surface area contributed by atoms with Crippen LogP contribution in [0.2, 0.25) is 0 Å². The van der Waals surface area contributed by atoms with Crippen LogP contribution >= 0.6 is 12.4 Å². The zero-order chi connectivity index (χ0) is 21.8. The summed E-state index contributed by atoms with van der Waals surface area (Å²) in [5.74, 6) is 1.51. The minimum atomic E-state index is 0. The van der Waals surface area contributed by atoms with Gasteiger partial charge in [0.15, 0.2) is 0 Å². The molecule has 5 heteroatoms. The average molecular weight is 471 g/mol. The first kappa shape index (κ1) is 24.3. The molecule has 0 radical (unpaired) electrons. The number of likely N-dealkylation sites (tertiary alicyclic amines) is 2. The van der Waals surface area contributed by atoms with E-state index in [2.05, 4.69) is 46.2 Å². The molecule has 3 fully saturated rings. The first-order valence-electron chi connectivity index (χ1n) is 12.9. The van der Waals surface area contributed by atoms with Crippen LogP contribution < -0.4 is 4.74 Å². The lowest BCUT2D eigenvalue weighted by Gasteiger charge is -2.31. The van der Waals surface area contributed by atoms with E-state index in [4.69, 9.17) is 4.74 Å². The zero-order valence-corrected chi connectivity index (χ0v) is 20.7. The van der Waals surface area contributed by atoms with E-state index in [9.17, 15) is 4.79 Å². The Balaban J connectivity index is 0.00000259. The second-order valence-corrected chi connectivity index (χ2v) is 10.1. The second kappa shape index (κ2) is 11.6. The maximum absolute atomic E-state index is 13.0. The molecule has 33 heavy (non-hydrogen) atoms. The van der Waals surface area contributed by atoms with Gasteiger partial charge in [0.1, 0.15) is 12.4 Å². The summed E-state index contributed by atoms with van der Waals surface area (Å²) in [5.41, 5.74) is 1.28. The highest BCUT2D eigenvalue weighted by atomic mass is 35.5. The number of amides is 1. The summed E-state index contributed by atoms with van der Waals surface area (Å²) in [4.78, 5) is 17.8. The van der Waals surface area contributed by atoms with Gasteiger partial charge >= 0.3 is 0 Å². The Kier molecular flexibility index (Phi) is 8.54. The number of fused-ring (bicyclic) bond motifs is 1. The number of rotatable bonds is 7. The van der Waals surface area contributed by atoms with Crippen LogP contribution in [-0.4, -0.2) is 54.5 Å². The predicted molar refractivity (Wildman–Crippen MR) is 137 cm³/mol. The van der Waals surface area contributed by atoms with E-state index in [1.165, 1.54) is 80.8 Å². The van der Waals surface area contributed by atoms with E-state index in [0.29, 0.717) is 11.9 Å². The molecule has 0 aromatic heterocycles. The van der Waals surface area contributed by atoms with Crippen molar-refractivity contribution in [3.8, 4) is 5.75 Å². The number of halogens is 1. The molecule has 2 heterocycles. The monoisotopic (exact) mass is 470 g/mol. The van der Waals surface area contributed by atoms with Crippen molar-refractivity contribution in [2.24, 2.45) is 5.92 Å². The van der Waals surface area contributed by atoms with Gasteiger partial charge in [-0.3, -0.25) is 9.69 Å². The van der Waals surface area contributed by atoms with Crippen LogP contribution in [0.3, 0.4) is 0 Å². The van der Waals surface area contributed by atoms with Crippen molar-refractivity contribution in [1.82, 2.24) is 9.80 Å². The van der Waals surface area contributed by atoms with Gasteiger partial charge in [0.05, 0.1) is 0 Å². The Morgan fingerprint density at radius 3 is 2.36 bits per heavy atom. The fourth-order valence-electron chi connectivity index (χ4n) is 5.96. The predicted octanol–water partition coefficient (Wildman–Crippen LogP) is 5.85. The van der Waals surface area contributed by atoms with Crippen molar-refractivity contribution < 1.29 is 9.53 Å². The molecule has 1 saturated carbocycles. The van der Waals surface area contributed by atoms with Gasteiger partial charge in [0.2, 0.25) is 5.91 Å². The summed E-state index contributed by atoms with van der Waals surface area (Å²) in [7, 11) is 0. The molecular formula is C28H39ClN2O2. The first-order valence-corrected chi connectivity index (χ1v) is 12.9. The number of ether oxygens (including phenoxy) is 1. The third-order valence-corrected chi connectivity index (χ3v) is 7.85. The molecule has 0 N–H and O–H groups in total. The van der Waals surface area contributed by atoms with Crippen molar-refractivity contribution in [1.29, 1.82) is 0 Å². The molecule has 2 aromatic carbocycles. The van der Waals surface area contributed by atoms with Crippen LogP contribution in [0.25, 0.3) is 10.8 Å². The Labute approximate surface area is 205 Å². The molecule has 5 rings (SSSR count). The number of piperidine rings is 1. The van der Waals surface area contributed by atoms with Gasteiger partial charge in [-0.15, -0.1) is 12.4 Å². The van der Waals surface area contributed by atoms with Crippen LogP contribution in [0, 0.1) is 5.92 Å². The van der Waals surface area contributed by atoms with Gasteiger partial charge < -0.3 is 9.64 Å². The van der Waals surface area contributed by atoms with E-state index >= 15 is 0 Å². The Morgan fingerprint density at radius 1 is 0.818 bits per heavy atom. The summed E-state index contributed by atoms with van der Waals surface area (Å²) in [6.45, 7) is 5.16. The lowest BCUT2D eigenvalue weighted by Crippen LogP contribution is -2.39. The standard InChI is InChI=1S/C28H38N2O2.ClH/c31-28-25(13-16-30(28)26-7-3-1-4-8-26)20-22-9-10-24-21-27(12-11-23(24)19-22)32-18-17-29-14-5-2-6-15-29;/h9-12,19,21,25-26H,1-8,13-18,20H2;1H. The fourth-order valence-corrected chi connectivity index (χ4v) is 5.96. The number of hydrogen-bond donors (Lipinski definition) is 0. The maximum atomic E-state index is 13.0.